The SMILES string of the molecule is CCC1SCC(C(=O)O)N1C(=O)C1Cc2nc[nH]c2CN1. The van der Waals surface area contributed by atoms with E-state index in [-0.39, 0.29) is 11.3 Å². The molecule has 3 rings (SSSR count). The number of aromatic amines is 1. The third-order valence-corrected chi connectivity index (χ3v) is 5.46. The molecular formula is C13H18N4O3S. The second kappa shape index (κ2) is 5.69. The predicted molar refractivity (Wildman–Crippen MR) is 77.7 cm³/mol. The highest BCUT2D eigenvalue weighted by Gasteiger charge is 2.43. The Kier molecular flexibility index (Phi) is 3.90. The zero-order valence-corrected chi connectivity index (χ0v) is 12.5. The molecule has 1 saturated heterocycles. The van der Waals surface area contributed by atoms with E-state index in [2.05, 4.69) is 15.3 Å². The molecule has 1 fully saturated rings. The maximum Gasteiger partial charge on any atom is 0.327 e. The molecule has 0 radical (unpaired) electrons. The molecule has 2 aliphatic rings. The maximum atomic E-state index is 12.8. The Labute approximate surface area is 126 Å². The summed E-state index contributed by atoms with van der Waals surface area (Å²) in [6.45, 7) is 2.53. The molecule has 2 aliphatic heterocycles. The molecule has 0 aromatic carbocycles. The minimum atomic E-state index is -0.928. The fourth-order valence-corrected chi connectivity index (χ4v) is 4.24. The maximum absolute atomic E-state index is 12.8. The molecular weight excluding hydrogens is 292 g/mol. The zero-order chi connectivity index (χ0) is 15.0. The molecule has 3 heterocycles. The van der Waals surface area contributed by atoms with Crippen LogP contribution in [0, 0.1) is 0 Å². The largest absolute Gasteiger partial charge is 0.480 e. The second-order valence-corrected chi connectivity index (χ2v) is 6.47. The van der Waals surface area contributed by atoms with Crippen LogP contribution in [0.25, 0.3) is 0 Å². The van der Waals surface area contributed by atoms with Crippen LogP contribution < -0.4 is 5.32 Å². The summed E-state index contributed by atoms with van der Waals surface area (Å²) >= 11 is 1.54. The zero-order valence-electron chi connectivity index (χ0n) is 11.7. The van der Waals surface area contributed by atoms with Crippen molar-refractivity contribution in [1.29, 1.82) is 0 Å². The first-order valence-electron chi connectivity index (χ1n) is 7.03. The predicted octanol–water partition coefficient (Wildman–Crippen LogP) is 0.189. The van der Waals surface area contributed by atoms with E-state index in [0.717, 1.165) is 17.8 Å². The Bertz CT molecular complexity index is 561. The van der Waals surface area contributed by atoms with Crippen molar-refractivity contribution in [1.82, 2.24) is 20.2 Å². The van der Waals surface area contributed by atoms with Crippen LogP contribution >= 0.6 is 11.8 Å². The molecule has 3 unspecified atom stereocenters. The van der Waals surface area contributed by atoms with Crippen LogP contribution in [-0.2, 0) is 22.6 Å². The third-order valence-electron chi connectivity index (χ3n) is 4.01. The number of rotatable bonds is 3. The van der Waals surface area contributed by atoms with Crippen molar-refractivity contribution >= 4 is 23.6 Å². The van der Waals surface area contributed by atoms with Crippen molar-refractivity contribution in [3.05, 3.63) is 17.7 Å². The van der Waals surface area contributed by atoms with Gasteiger partial charge in [-0.05, 0) is 6.42 Å². The van der Waals surface area contributed by atoms with E-state index in [1.807, 2.05) is 6.92 Å². The van der Waals surface area contributed by atoms with Crippen molar-refractivity contribution in [3.63, 3.8) is 0 Å². The molecule has 1 aromatic rings. The molecule has 0 spiro atoms. The van der Waals surface area contributed by atoms with Gasteiger partial charge in [0.1, 0.15) is 6.04 Å². The highest BCUT2D eigenvalue weighted by atomic mass is 32.2. The number of amides is 1. The quantitative estimate of drug-likeness (QED) is 0.737. The number of imidazole rings is 1. The van der Waals surface area contributed by atoms with Gasteiger partial charge in [-0.15, -0.1) is 11.8 Å². The highest BCUT2D eigenvalue weighted by molar-refractivity contribution is 8.00. The lowest BCUT2D eigenvalue weighted by atomic mass is 10.0. The van der Waals surface area contributed by atoms with Gasteiger partial charge in [-0.2, -0.15) is 0 Å². The minimum absolute atomic E-state index is 0.0546. The number of H-pyrrole nitrogens is 1. The van der Waals surface area contributed by atoms with Crippen LogP contribution in [0.3, 0.4) is 0 Å². The summed E-state index contributed by atoms with van der Waals surface area (Å²) in [5.41, 5.74) is 1.88. The Morgan fingerprint density at radius 2 is 2.38 bits per heavy atom. The molecule has 114 valence electrons. The van der Waals surface area contributed by atoms with Crippen molar-refractivity contribution in [2.24, 2.45) is 0 Å². The van der Waals surface area contributed by atoms with E-state index < -0.39 is 18.1 Å². The van der Waals surface area contributed by atoms with Crippen LogP contribution in [0.1, 0.15) is 24.7 Å². The summed E-state index contributed by atoms with van der Waals surface area (Å²) < 4.78 is 0. The number of aromatic nitrogens is 2. The number of hydrogen-bond donors (Lipinski definition) is 3. The van der Waals surface area contributed by atoms with Crippen LogP contribution in [-0.4, -0.2) is 55.1 Å². The minimum Gasteiger partial charge on any atom is -0.480 e. The molecule has 7 nitrogen and oxygen atoms in total. The second-order valence-electron chi connectivity index (χ2n) is 5.26. The van der Waals surface area contributed by atoms with Crippen molar-refractivity contribution < 1.29 is 14.7 Å². The summed E-state index contributed by atoms with van der Waals surface area (Å²) in [5.74, 6) is -0.601. The Morgan fingerprint density at radius 3 is 3.10 bits per heavy atom. The van der Waals surface area contributed by atoms with Gasteiger partial charge in [0.05, 0.1) is 29.1 Å². The lowest BCUT2D eigenvalue weighted by Crippen LogP contribution is -2.55. The van der Waals surface area contributed by atoms with Gasteiger partial charge in [0.15, 0.2) is 0 Å². The van der Waals surface area contributed by atoms with E-state index in [0.29, 0.717) is 18.7 Å². The number of carboxylic acid groups (broad SMARTS) is 1. The van der Waals surface area contributed by atoms with Gasteiger partial charge in [-0.25, -0.2) is 9.78 Å². The van der Waals surface area contributed by atoms with E-state index >= 15 is 0 Å². The van der Waals surface area contributed by atoms with Crippen molar-refractivity contribution in [3.8, 4) is 0 Å². The van der Waals surface area contributed by atoms with E-state index in [9.17, 15) is 14.7 Å². The van der Waals surface area contributed by atoms with Gasteiger partial charge in [0.2, 0.25) is 5.91 Å². The summed E-state index contributed by atoms with van der Waals surface area (Å²) in [4.78, 5) is 32.9. The number of carboxylic acids is 1. The molecule has 3 N–H and O–H groups in total. The topological polar surface area (TPSA) is 98.3 Å². The van der Waals surface area contributed by atoms with Gasteiger partial charge >= 0.3 is 5.97 Å². The Balaban J connectivity index is 1.78. The normalized spacial score (nSPS) is 28.4. The number of aliphatic carboxylic acids is 1. The first-order chi connectivity index (χ1) is 10.1. The summed E-state index contributed by atoms with van der Waals surface area (Å²) in [5, 5.41) is 12.4. The number of thioether (sulfide) groups is 1. The number of hydrogen-bond acceptors (Lipinski definition) is 5. The molecule has 0 bridgehead atoms. The number of fused-ring (bicyclic) bond motifs is 1. The molecule has 3 atom stereocenters. The fraction of sp³-hybridized carbons (Fsp3) is 0.615. The lowest BCUT2D eigenvalue weighted by molar-refractivity contribution is -0.150. The Morgan fingerprint density at radius 1 is 1.57 bits per heavy atom. The lowest BCUT2D eigenvalue weighted by Gasteiger charge is -2.32. The summed E-state index contributed by atoms with van der Waals surface area (Å²) in [6.07, 6.45) is 2.88. The van der Waals surface area contributed by atoms with E-state index in [1.54, 1.807) is 23.0 Å². The standard InChI is InChI=1S/C13H18N4O3S/c1-2-11-17(10(5-21-11)13(19)20)12(18)8-3-7-9(4-14-8)16-6-15-7/h6,8,10-11,14H,2-5H2,1H3,(H,15,16)(H,19,20). The number of nitrogens with one attached hydrogen (secondary N) is 2. The molecule has 8 heteroatoms. The highest BCUT2D eigenvalue weighted by Crippen LogP contribution is 2.32. The van der Waals surface area contributed by atoms with Crippen LogP contribution in [0.5, 0.6) is 0 Å². The van der Waals surface area contributed by atoms with Gasteiger partial charge in [-0.1, -0.05) is 6.92 Å². The number of carbonyl (C=O) groups excluding carboxylic acids is 1. The molecule has 1 amide bonds. The van der Waals surface area contributed by atoms with E-state index in [1.165, 1.54) is 0 Å². The third kappa shape index (κ3) is 2.53. The Hall–Kier alpha value is -1.54. The van der Waals surface area contributed by atoms with Gasteiger partial charge in [0, 0.05) is 18.7 Å². The smallest absolute Gasteiger partial charge is 0.327 e. The van der Waals surface area contributed by atoms with Crippen LogP contribution in [0.2, 0.25) is 0 Å². The van der Waals surface area contributed by atoms with E-state index in [4.69, 9.17) is 0 Å². The van der Waals surface area contributed by atoms with Crippen LogP contribution in [0.15, 0.2) is 6.33 Å². The van der Waals surface area contributed by atoms with Gasteiger partial charge in [0.25, 0.3) is 0 Å². The summed E-state index contributed by atoms with van der Waals surface area (Å²) in [7, 11) is 0. The number of nitrogens with zero attached hydrogens (tertiary/aromatic N) is 2. The molecule has 1 aromatic heterocycles. The van der Waals surface area contributed by atoms with Crippen LogP contribution in [0.4, 0.5) is 0 Å². The first kappa shape index (κ1) is 14.4. The summed E-state index contributed by atoms with van der Waals surface area (Å²) in [6, 6.07) is -1.12. The van der Waals surface area contributed by atoms with Gasteiger partial charge in [-0.3, -0.25) is 10.1 Å². The van der Waals surface area contributed by atoms with Crippen molar-refractivity contribution in [2.45, 2.75) is 43.8 Å². The first-order valence-corrected chi connectivity index (χ1v) is 8.07. The molecule has 0 aliphatic carbocycles. The monoisotopic (exact) mass is 310 g/mol. The average Bonchev–Trinajstić information content (AvgIpc) is 3.11. The fourth-order valence-electron chi connectivity index (χ4n) is 2.89. The molecule has 0 saturated carbocycles. The van der Waals surface area contributed by atoms with Crippen molar-refractivity contribution in [2.75, 3.05) is 5.75 Å². The average molecular weight is 310 g/mol. The number of carbonyl (C=O) groups is 2. The molecule has 21 heavy (non-hydrogen) atoms. The van der Waals surface area contributed by atoms with Gasteiger partial charge < -0.3 is 15.0 Å².